The van der Waals surface area contributed by atoms with Gasteiger partial charge >= 0.3 is 12.1 Å². The van der Waals surface area contributed by atoms with E-state index in [0.717, 1.165) is 5.69 Å². The van der Waals surface area contributed by atoms with Crippen LogP contribution in [0.1, 0.15) is 11.3 Å². The molecule has 0 saturated carbocycles. The Bertz CT molecular complexity index is 901. The molecule has 1 aromatic heterocycles. The molecular weight excluding hydrogens is 405 g/mol. The number of hydrogen-bond acceptors (Lipinski definition) is 6. The van der Waals surface area contributed by atoms with Crippen LogP contribution >= 0.6 is 0 Å². The number of methoxy groups -OCH3 is 2. The summed E-state index contributed by atoms with van der Waals surface area (Å²) in [6.45, 7) is 3.01. The maximum Gasteiger partial charge on any atom is 0.409 e. The number of ether oxygens (including phenoxy) is 2. The number of carbonyl (C=O) groups is 2. The Balaban J connectivity index is 1.56. The van der Waals surface area contributed by atoms with Gasteiger partial charge in [0, 0.05) is 45.4 Å². The molecule has 1 aliphatic heterocycles. The fourth-order valence-electron chi connectivity index (χ4n) is 3.27. The van der Waals surface area contributed by atoms with Crippen LogP contribution in [0.4, 0.5) is 25.4 Å². The first-order valence-electron chi connectivity index (χ1n) is 9.84. The van der Waals surface area contributed by atoms with Crippen LogP contribution in [-0.2, 0) is 22.6 Å². The molecule has 0 aliphatic carbocycles. The van der Waals surface area contributed by atoms with Crippen molar-refractivity contribution in [1.29, 1.82) is 0 Å². The molecule has 0 unspecified atom stereocenters. The van der Waals surface area contributed by atoms with Crippen molar-refractivity contribution >= 4 is 23.5 Å². The van der Waals surface area contributed by atoms with E-state index in [1.54, 1.807) is 36.3 Å². The SMILES string of the molecule is COCc1ccc(NC(=O)Nc2cccc(CN3CCN(C(=O)OC)CC3)c2F)cn1. The van der Waals surface area contributed by atoms with E-state index < -0.39 is 11.8 Å². The van der Waals surface area contributed by atoms with Crippen LogP contribution in [0.5, 0.6) is 0 Å². The van der Waals surface area contributed by atoms with Gasteiger partial charge in [-0.05, 0) is 18.2 Å². The largest absolute Gasteiger partial charge is 0.453 e. The van der Waals surface area contributed by atoms with E-state index in [1.165, 1.54) is 19.4 Å². The number of urea groups is 1. The third-order valence-electron chi connectivity index (χ3n) is 4.90. The summed E-state index contributed by atoms with van der Waals surface area (Å²) >= 11 is 0. The summed E-state index contributed by atoms with van der Waals surface area (Å²) in [5, 5.41) is 5.17. The lowest BCUT2D eigenvalue weighted by Gasteiger charge is -2.33. The van der Waals surface area contributed by atoms with Crippen LogP contribution < -0.4 is 10.6 Å². The minimum absolute atomic E-state index is 0.0900. The van der Waals surface area contributed by atoms with Crippen molar-refractivity contribution in [3.63, 3.8) is 0 Å². The van der Waals surface area contributed by atoms with Gasteiger partial charge in [-0.15, -0.1) is 0 Å². The number of benzene rings is 1. The first kappa shape index (κ1) is 22.4. The van der Waals surface area contributed by atoms with E-state index in [9.17, 15) is 14.0 Å². The molecule has 1 fully saturated rings. The molecule has 0 spiro atoms. The van der Waals surface area contributed by atoms with E-state index in [1.807, 2.05) is 0 Å². The molecule has 1 saturated heterocycles. The van der Waals surface area contributed by atoms with Crippen molar-refractivity contribution in [3.8, 4) is 0 Å². The number of pyridine rings is 1. The van der Waals surface area contributed by atoms with Crippen LogP contribution in [0.25, 0.3) is 0 Å². The predicted octanol–water partition coefficient (Wildman–Crippen LogP) is 2.90. The molecule has 2 heterocycles. The van der Waals surface area contributed by atoms with Gasteiger partial charge < -0.3 is 25.0 Å². The van der Waals surface area contributed by atoms with Gasteiger partial charge in [-0.25, -0.2) is 14.0 Å². The molecule has 1 aliphatic rings. The molecule has 2 N–H and O–H groups in total. The Hall–Kier alpha value is -3.24. The normalized spacial score (nSPS) is 14.2. The third kappa shape index (κ3) is 6.12. The first-order valence-corrected chi connectivity index (χ1v) is 9.84. The Morgan fingerprint density at radius 3 is 2.52 bits per heavy atom. The lowest BCUT2D eigenvalue weighted by molar-refractivity contribution is 0.0885. The van der Waals surface area contributed by atoms with Crippen molar-refractivity contribution < 1.29 is 23.5 Å². The average Bonchev–Trinajstić information content (AvgIpc) is 2.78. The molecule has 0 bridgehead atoms. The average molecular weight is 431 g/mol. The highest BCUT2D eigenvalue weighted by atomic mass is 19.1. The zero-order chi connectivity index (χ0) is 22.2. The van der Waals surface area contributed by atoms with Crippen molar-refractivity contribution in [1.82, 2.24) is 14.8 Å². The standard InChI is InChI=1S/C21H26FN5O4/c1-30-14-17-7-6-16(12-23-17)24-20(28)25-18-5-3-4-15(19(18)22)13-26-8-10-27(11-9-26)21(29)31-2/h3-7,12H,8-11,13-14H2,1-2H3,(H2,24,25,28). The number of amides is 3. The third-order valence-corrected chi connectivity index (χ3v) is 4.90. The highest BCUT2D eigenvalue weighted by molar-refractivity contribution is 5.99. The molecule has 166 valence electrons. The summed E-state index contributed by atoms with van der Waals surface area (Å²) < 4.78 is 24.7. The molecule has 0 radical (unpaired) electrons. The topological polar surface area (TPSA) is 96.0 Å². The lowest BCUT2D eigenvalue weighted by atomic mass is 10.1. The number of halogens is 1. The summed E-state index contributed by atoms with van der Waals surface area (Å²) in [5.41, 5.74) is 1.78. The Labute approximate surface area is 180 Å². The molecular formula is C21H26FN5O4. The van der Waals surface area contributed by atoms with E-state index in [2.05, 4.69) is 20.5 Å². The first-order chi connectivity index (χ1) is 15.0. The number of anilines is 2. The van der Waals surface area contributed by atoms with Crippen LogP contribution in [0, 0.1) is 5.82 Å². The van der Waals surface area contributed by atoms with Crippen LogP contribution in [-0.4, -0.2) is 67.3 Å². The van der Waals surface area contributed by atoms with Crippen molar-refractivity contribution in [2.45, 2.75) is 13.2 Å². The van der Waals surface area contributed by atoms with E-state index >= 15 is 0 Å². The second-order valence-electron chi connectivity index (χ2n) is 7.06. The van der Waals surface area contributed by atoms with Gasteiger partial charge in [0.05, 0.1) is 37.0 Å². The summed E-state index contributed by atoms with van der Waals surface area (Å²) in [4.78, 5) is 31.7. The maximum absolute atomic E-state index is 14.9. The van der Waals surface area contributed by atoms with Gasteiger partial charge in [-0.1, -0.05) is 12.1 Å². The Morgan fingerprint density at radius 2 is 1.87 bits per heavy atom. The van der Waals surface area contributed by atoms with Crippen molar-refractivity contribution in [3.05, 3.63) is 53.6 Å². The van der Waals surface area contributed by atoms with E-state index in [0.29, 0.717) is 50.6 Å². The molecule has 3 amide bonds. The number of nitrogens with zero attached hydrogens (tertiary/aromatic N) is 3. The lowest BCUT2D eigenvalue weighted by Crippen LogP contribution is -2.48. The van der Waals surface area contributed by atoms with Crippen LogP contribution in [0.2, 0.25) is 0 Å². The van der Waals surface area contributed by atoms with Crippen LogP contribution in [0.3, 0.4) is 0 Å². The second-order valence-corrected chi connectivity index (χ2v) is 7.06. The maximum atomic E-state index is 14.9. The molecule has 2 aromatic rings. The number of hydrogen-bond donors (Lipinski definition) is 2. The van der Waals surface area contributed by atoms with Gasteiger partial charge in [-0.3, -0.25) is 9.88 Å². The predicted molar refractivity (Wildman–Crippen MR) is 113 cm³/mol. The fraction of sp³-hybridized carbons (Fsp3) is 0.381. The quantitative estimate of drug-likeness (QED) is 0.730. The number of nitrogens with one attached hydrogen (secondary N) is 2. The summed E-state index contributed by atoms with van der Waals surface area (Å²) in [6.07, 6.45) is 1.15. The fourth-order valence-corrected chi connectivity index (χ4v) is 3.27. The number of rotatable bonds is 6. The minimum atomic E-state index is -0.566. The summed E-state index contributed by atoms with van der Waals surface area (Å²) in [5.74, 6) is -0.485. The molecule has 1 aromatic carbocycles. The zero-order valence-corrected chi connectivity index (χ0v) is 17.6. The summed E-state index contributed by atoms with van der Waals surface area (Å²) in [7, 11) is 2.93. The molecule has 0 atom stereocenters. The molecule has 3 rings (SSSR count). The smallest absolute Gasteiger partial charge is 0.409 e. The second kappa shape index (κ2) is 10.7. The van der Waals surface area contributed by atoms with Gasteiger partial charge in [0.2, 0.25) is 0 Å². The van der Waals surface area contributed by atoms with Gasteiger partial charge in [0.1, 0.15) is 0 Å². The van der Waals surface area contributed by atoms with Crippen molar-refractivity contribution in [2.75, 3.05) is 51.0 Å². The highest BCUT2D eigenvalue weighted by Gasteiger charge is 2.22. The molecule has 10 heteroatoms. The van der Waals surface area contributed by atoms with Crippen LogP contribution in [0.15, 0.2) is 36.5 Å². The van der Waals surface area contributed by atoms with Crippen molar-refractivity contribution in [2.24, 2.45) is 0 Å². The Morgan fingerprint density at radius 1 is 1.10 bits per heavy atom. The van der Waals surface area contributed by atoms with Gasteiger partial charge in [-0.2, -0.15) is 0 Å². The van der Waals surface area contributed by atoms with Gasteiger partial charge in [0.25, 0.3) is 0 Å². The highest BCUT2D eigenvalue weighted by Crippen LogP contribution is 2.21. The summed E-state index contributed by atoms with van der Waals surface area (Å²) in [6, 6.07) is 7.75. The molecule has 31 heavy (non-hydrogen) atoms. The minimum Gasteiger partial charge on any atom is -0.453 e. The number of piperazine rings is 1. The molecule has 9 nitrogen and oxygen atoms in total. The van der Waals surface area contributed by atoms with Gasteiger partial charge in [0.15, 0.2) is 5.82 Å². The monoisotopic (exact) mass is 431 g/mol. The van der Waals surface area contributed by atoms with E-state index in [-0.39, 0.29) is 11.8 Å². The van der Waals surface area contributed by atoms with E-state index in [4.69, 9.17) is 9.47 Å². The Kier molecular flexibility index (Phi) is 7.74. The number of aromatic nitrogens is 1. The zero-order valence-electron chi connectivity index (χ0n) is 17.6. The number of carbonyl (C=O) groups excluding carboxylic acids is 2.